The molecule has 2 aromatic heterocycles. The quantitative estimate of drug-likeness (QED) is 0.559. The molecule has 0 spiro atoms. The Morgan fingerprint density at radius 2 is 1.92 bits per heavy atom. The van der Waals surface area contributed by atoms with Gasteiger partial charge in [0.05, 0.1) is 18.3 Å². The van der Waals surface area contributed by atoms with E-state index in [0.717, 1.165) is 12.5 Å². The summed E-state index contributed by atoms with van der Waals surface area (Å²) in [5.41, 5.74) is 1.51. The van der Waals surface area contributed by atoms with Gasteiger partial charge in [-0.1, -0.05) is 30.3 Å². The number of pyridine rings is 1. The number of urea groups is 1. The minimum Gasteiger partial charge on any atom is -0.366 e. The van der Waals surface area contributed by atoms with Gasteiger partial charge in [-0.05, 0) is 31.0 Å². The molecule has 2 aliphatic rings. The zero-order valence-electron chi connectivity index (χ0n) is 19.4. The molecule has 3 amide bonds. The third-order valence-electron chi connectivity index (χ3n) is 6.31. The number of hydrogen-bond acceptors (Lipinski definition) is 5. The normalized spacial score (nSPS) is 17.5. The molecule has 188 valence electrons. The zero-order chi connectivity index (χ0) is 25.4. The van der Waals surface area contributed by atoms with Crippen molar-refractivity contribution < 1.29 is 22.8 Å². The van der Waals surface area contributed by atoms with Crippen LogP contribution in [0.5, 0.6) is 0 Å². The summed E-state index contributed by atoms with van der Waals surface area (Å²) in [6.07, 6.45) is -2.13. The molecule has 1 fully saturated rings. The van der Waals surface area contributed by atoms with E-state index in [1.54, 1.807) is 23.0 Å². The third-order valence-corrected chi connectivity index (χ3v) is 6.31. The first-order valence-corrected chi connectivity index (χ1v) is 11.5. The van der Waals surface area contributed by atoms with Gasteiger partial charge in [0.15, 0.2) is 11.6 Å². The van der Waals surface area contributed by atoms with Crippen LogP contribution in [0.2, 0.25) is 0 Å². The molecule has 2 unspecified atom stereocenters. The van der Waals surface area contributed by atoms with E-state index in [2.05, 4.69) is 15.4 Å². The Morgan fingerprint density at radius 1 is 1.14 bits per heavy atom. The highest BCUT2D eigenvalue weighted by Gasteiger charge is 2.41. The summed E-state index contributed by atoms with van der Waals surface area (Å²) in [5.74, 6) is -0.376. The average Bonchev–Trinajstić information content (AvgIpc) is 3.46. The van der Waals surface area contributed by atoms with Crippen LogP contribution in [0.3, 0.4) is 0 Å². The number of halogens is 3. The molecule has 0 aliphatic carbocycles. The van der Waals surface area contributed by atoms with Crippen molar-refractivity contribution in [1.29, 1.82) is 0 Å². The Labute approximate surface area is 204 Å². The van der Waals surface area contributed by atoms with Crippen LogP contribution in [-0.4, -0.2) is 58.1 Å². The Bertz CT molecular complexity index is 1280. The Hall–Kier alpha value is -4.09. The van der Waals surface area contributed by atoms with Crippen molar-refractivity contribution >= 4 is 29.3 Å². The van der Waals surface area contributed by atoms with Crippen molar-refractivity contribution in [2.75, 3.05) is 28.2 Å². The molecule has 0 saturated carbocycles. The predicted molar refractivity (Wildman–Crippen MR) is 127 cm³/mol. The number of carbonyl (C=O) groups excluding carboxylic acids is 2. The van der Waals surface area contributed by atoms with Gasteiger partial charge in [0.25, 0.3) is 5.91 Å². The number of carbonyl (C=O) groups is 2. The van der Waals surface area contributed by atoms with Gasteiger partial charge in [-0.25, -0.2) is 9.78 Å². The van der Waals surface area contributed by atoms with Gasteiger partial charge in [0.2, 0.25) is 0 Å². The third kappa shape index (κ3) is 4.70. The van der Waals surface area contributed by atoms with E-state index in [4.69, 9.17) is 0 Å². The summed E-state index contributed by atoms with van der Waals surface area (Å²) in [6, 6.07) is 11.7. The van der Waals surface area contributed by atoms with Crippen LogP contribution in [0.1, 0.15) is 29.4 Å². The molecular weight excluding hydrogens is 475 g/mol. The maximum atomic E-state index is 13.3. The fraction of sp³-hybridized carbons (Fsp3) is 0.333. The topological polar surface area (TPSA) is 95.4 Å². The lowest BCUT2D eigenvalue weighted by molar-refractivity contribution is -0.149. The van der Waals surface area contributed by atoms with Gasteiger partial charge < -0.3 is 10.2 Å². The van der Waals surface area contributed by atoms with Gasteiger partial charge in [-0.2, -0.15) is 18.3 Å². The first kappa shape index (κ1) is 23.6. The molecule has 4 heterocycles. The largest absolute Gasteiger partial charge is 0.408 e. The van der Waals surface area contributed by atoms with Crippen molar-refractivity contribution in [2.45, 2.75) is 38.1 Å². The van der Waals surface area contributed by atoms with Crippen LogP contribution in [0.4, 0.5) is 35.3 Å². The molecule has 3 aromatic rings. The van der Waals surface area contributed by atoms with E-state index in [1.165, 1.54) is 11.0 Å². The molecule has 2 bridgehead atoms. The molecule has 9 nitrogen and oxygen atoms in total. The van der Waals surface area contributed by atoms with E-state index >= 15 is 0 Å². The van der Waals surface area contributed by atoms with E-state index in [9.17, 15) is 22.8 Å². The lowest BCUT2D eigenvalue weighted by Crippen LogP contribution is -2.49. The second-order valence-corrected chi connectivity index (χ2v) is 8.85. The highest BCUT2D eigenvalue weighted by atomic mass is 19.4. The van der Waals surface area contributed by atoms with Crippen molar-refractivity contribution in [3.05, 3.63) is 66.0 Å². The molecule has 1 saturated heterocycles. The van der Waals surface area contributed by atoms with Crippen LogP contribution < -0.4 is 20.4 Å². The van der Waals surface area contributed by atoms with Crippen molar-refractivity contribution in [3.63, 3.8) is 0 Å². The summed E-state index contributed by atoms with van der Waals surface area (Å²) in [7, 11) is 0. The number of alkyl halides is 3. The molecule has 2 N–H and O–H groups in total. The summed E-state index contributed by atoms with van der Waals surface area (Å²) in [6.45, 7) is 2.70. The van der Waals surface area contributed by atoms with E-state index in [0.29, 0.717) is 37.6 Å². The SMILES string of the molecule is CC(NC(=O)c1ccc2c(n1)N(C(=O)Nc1ccn(Cc3ccccc3)n1)C1CCN2C1)C(F)(F)F. The summed E-state index contributed by atoms with van der Waals surface area (Å²) >= 11 is 0. The minimum atomic E-state index is -4.58. The van der Waals surface area contributed by atoms with Gasteiger partial charge >= 0.3 is 12.2 Å². The molecule has 36 heavy (non-hydrogen) atoms. The number of nitrogens with one attached hydrogen (secondary N) is 2. The van der Waals surface area contributed by atoms with Crippen LogP contribution in [0.25, 0.3) is 0 Å². The number of hydrogen-bond donors (Lipinski definition) is 2. The van der Waals surface area contributed by atoms with Crippen LogP contribution in [0, 0.1) is 0 Å². The van der Waals surface area contributed by atoms with Gasteiger partial charge in [0, 0.05) is 25.4 Å². The number of fused-ring (bicyclic) bond motifs is 4. The van der Waals surface area contributed by atoms with Crippen LogP contribution in [-0.2, 0) is 6.54 Å². The molecule has 0 radical (unpaired) electrons. The molecule has 12 heteroatoms. The van der Waals surface area contributed by atoms with E-state index in [1.807, 2.05) is 40.5 Å². The van der Waals surface area contributed by atoms with Gasteiger partial charge in [-0.15, -0.1) is 0 Å². The molecule has 5 rings (SSSR count). The predicted octanol–water partition coefficient (Wildman–Crippen LogP) is 3.64. The number of rotatable bonds is 5. The Morgan fingerprint density at radius 3 is 2.67 bits per heavy atom. The molecule has 2 atom stereocenters. The number of aromatic nitrogens is 3. The second kappa shape index (κ2) is 9.17. The smallest absolute Gasteiger partial charge is 0.366 e. The number of nitrogens with zero attached hydrogens (tertiary/aromatic N) is 5. The summed E-state index contributed by atoms with van der Waals surface area (Å²) in [5, 5.41) is 9.12. The maximum absolute atomic E-state index is 13.3. The van der Waals surface area contributed by atoms with Gasteiger partial charge in [-0.3, -0.25) is 19.7 Å². The highest BCUT2D eigenvalue weighted by Crippen LogP contribution is 2.39. The van der Waals surface area contributed by atoms with E-state index in [-0.39, 0.29) is 17.6 Å². The lowest BCUT2D eigenvalue weighted by Gasteiger charge is -2.35. The van der Waals surface area contributed by atoms with Crippen molar-refractivity contribution in [3.8, 4) is 0 Å². The number of benzene rings is 1. The Balaban J connectivity index is 1.36. The first-order chi connectivity index (χ1) is 17.2. The lowest BCUT2D eigenvalue weighted by atomic mass is 10.1. The van der Waals surface area contributed by atoms with Crippen LogP contribution >= 0.6 is 0 Å². The Kier molecular flexibility index (Phi) is 6.02. The fourth-order valence-electron chi connectivity index (χ4n) is 4.41. The summed E-state index contributed by atoms with van der Waals surface area (Å²) in [4.78, 5) is 33.6. The van der Waals surface area contributed by atoms with Crippen LogP contribution in [0.15, 0.2) is 54.7 Å². The highest BCUT2D eigenvalue weighted by molar-refractivity contribution is 6.05. The summed E-state index contributed by atoms with van der Waals surface area (Å²) < 4.78 is 40.4. The zero-order valence-corrected chi connectivity index (χ0v) is 19.4. The molecule has 2 aliphatic heterocycles. The monoisotopic (exact) mass is 499 g/mol. The maximum Gasteiger partial charge on any atom is 0.408 e. The standard InChI is InChI=1S/C24H24F3N7O2/c1-15(24(25,26)27)28-22(35)18-7-8-19-21(29-18)34(17-9-11-32(19)14-17)23(36)30-20-10-12-33(31-20)13-16-5-3-2-4-6-16/h2-8,10,12,15,17H,9,11,13-14H2,1H3,(H,28,35)(H,30,31,36). The van der Waals surface area contributed by atoms with Crippen molar-refractivity contribution in [2.24, 2.45) is 0 Å². The fourth-order valence-corrected chi connectivity index (χ4v) is 4.41. The van der Waals surface area contributed by atoms with Gasteiger partial charge in [0.1, 0.15) is 11.7 Å². The van der Waals surface area contributed by atoms with E-state index < -0.39 is 24.2 Å². The van der Waals surface area contributed by atoms with Crippen molar-refractivity contribution in [1.82, 2.24) is 20.1 Å². The molecular formula is C24H24F3N7O2. The first-order valence-electron chi connectivity index (χ1n) is 11.5. The number of amides is 3. The minimum absolute atomic E-state index is 0.191. The molecule has 1 aromatic carbocycles. The average molecular weight is 499 g/mol. The second-order valence-electron chi connectivity index (χ2n) is 8.85. The number of anilines is 3.